The summed E-state index contributed by atoms with van der Waals surface area (Å²) >= 11 is 0. The van der Waals surface area contributed by atoms with E-state index in [-0.39, 0.29) is 17.2 Å². The number of nitrogens with zero attached hydrogens (tertiary/aromatic N) is 3. The molecule has 1 saturated heterocycles. The van der Waals surface area contributed by atoms with Crippen molar-refractivity contribution in [1.29, 1.82) is 0 Å². The van der Waals surface area contributed by atoms with Gasteiger partial charge in [-0.3, -0.25) is 18.7 Å². The molecular formula is C14H22N4O3. The van der Waals surface area contributed by atoms with E-state index in [1.54, 1.807) is 7.05 Å². The van der Waals surface area contributed by atoms with E-state index in [1.165, 1.54) is 17.7 Å². The van der Waals surface area contributed by atoms with Crippen molar-refractivity contribution in [3.63, 3.8) is 0 Å². The van der Waals surface area contributed by atoms with Gasteiger partial charge in [0.2, 0.25) is 5.91 Å². The lowest BCUT2D eigenvalue weighted by atomic mass is 10.3. The van der Waals surface area contributed by atoms with E-state index in [0.29, 0.717) is 25.2 Å². The first-order valence-corrected chi connectivity index (χ1v) is 7.25. The Hall–Kier alpha value is -1.89. The molecule has 0 bridgehead atoms. The van der Waals surface area contributed by atoms with Crippen molar-refractivity contribution in [2.24, 2.45) is 14.1 Å². The second-order valence-electron chi connectivity index (χ2n) is 5.39. The molecule has 1 fully saturated rings. The molecule has 0 atom stereocenters. The van der Waals surface area contributed by atoms with E-state index in [2.05, 4.69) is 5.32 Å². The SMILES string of the molecule is Cn1c(CNCCC(=O)N2CCCC2)cc(=O)n(C)c1=O. The summed E-state index contributed by atoms with van der Waals surface area (Å²) in [6.07, 6.45) is 2.63. The van der Waals surface area contributed by atoms with E-state index >= 15 is 0 Å². The Balaban J connectivity index is 1.85. The van der Waals surface area contributed by atoms with Gasteiger partial charge in [-0.2, -0.15) is 0 Å². The highest BCUT2D eigenvalue weighted by atomic mass is 16.2. The third-order valence-corrected chi connectivity index (χ3v) is 3.91. The number of likely N-dealkylation sites (tertiary alicyclic amines) is 1. The smallest absolute Gasteiger partial charge is 0.330 e. The summed E-state index contributed by atoms with van der Waals surface area (Å²) in [6, 6.07) is 1.44. The molecule has 0 spiro atoms. The third kappa shape index (κ3) is 3.60. The molecule has 21 heavy (non-hydrogen) atoms. The van der Waals surface area contributed by atoms with Crippen LogP contribution in [0, 0.1) is 0 Å². The Labute approximate surface area is 123 Å². The molecule has 1 amide bonds. The molecule has 1 aliphatic rings. The van der Waals surface area contributed by atoms with Gasteiger partial charge in [0.05, 0.1) is 0 Å². The van der Waals surface area contributed by atoms with Gasteiger partial charge in [-0.15, -0.1) is 0 Å². The highest BCUT2D eigenvalue weighted by molar-refractivity contribution is 5.76. The van der Waals surface area contributed by atoms with Crippen LogP contribution >= 0.6 is 0 Å². The van der Waals surface area contributed by atoms with Crippen LogP contribution in [0.25, 0.3) is 0 Å². The molecule has 7 heteroatoms. The van der Waals surface area contributed by atoms with Crippen molar-refractivity contribution >= 4 is 5.91 Å². The minimum Gasteiger partial charge on any atom is -0.343 e. The van der Waals surface area contributed by atoms with Crippen LogP contribution < -0.4 is 16.6 Å². The molecule has 0 aromatic carbocycles. The summed E-state index contributed by atoms with van der Waals surface area (Å²) in [6.45, 7) is 2.66. The maximum absolute atomic E-state index is 11.9. The van der Waals surface area contributed by atoms with Crippen LogP contribution in [0.4, 0.5) is 0 Å². The molecule has 2 rings (SSSR count). The molecule has 0 aliphatic carbocycles. The van der Waals surface area contributed by atoms with Crippen LogP contribution in [-0.2, 0) is 25.4 Å². The van der Waals surface area contributed by atoms with Crippen molar-refractivity contribution in [3.8, 4) is 0 Å². The zero-order chi connectivity index (χ0) is 15.4. The number of hydrogen-bond acceptors (Lipinski definition) is 4. The van der Waals surface area contributed by atoms with E-state index < -0.39 is 0 Å². The maximum atomic E-state index is 11.9. The highest BCUT2D eigenvalue weighted by Crippen LogP contribution is 2.08. The monoisotopic (exact) mass is 294 g/mol. The van der Waals surface area contributed by atoms with Gasteiger partial charge in [0, 0.05) is 58.5 Å². The van der Waals surface area contributed by atoms with Crippen molar-refractivity contribution in [2.45, 2.75) is 25.8 Å². The number of amides is 1. The molecule has 116 valence electrons. The lowest BCUT2D eigenvalue weighted by molar-refractivity contribution is -0.130. The van der Waals surface area contributed by atoms with Crippen LogP contribution in [0.2, 0.25) is 0 Å². The lowest BCUT2D eigenvalue weighted by Gasteiger charge is -2.15. The van der Waals surface area contributed by atoms with Crippen molar-refractivity contribution in [3.05, 3.63) is 32.6 Å². The van der Waals surface area contributed by atoms with Gasteiger partial charge in [-0.05, 0) is 12.8 Å². The standard InChI is InChI=1S/C14H22N4O3/c1-16-11(9-13(20)17(2)14(16)21)10-15-6-5-12(19)18-7-3-4-8-18/h9,15H,3-8,10H2,1-2H3. The van der Waals surface area contributed by atoms with Crippen LogP contribution in [0.1, 0.15) is 25.0 Å². The molecule has 2 heterocycles. The van der Waals surface area contributed by atoms with E-state index in [0.717, 1.165) is 30.5 Å². The highest BCUT2D eigenvalue weighted by Gasteiger charge is 2.16. The fourth-order valence-corrected chi connectivity index (χ4v) is 2.48. The first-order chi connectivity index (χ1) is 10.0. The summed E-state index contributed by atoms with van der Waals surface area (Å²) < 4.78 is 2.51. The predicted molar refractivity (Wildman–Crippen MR) is 79.1 cm³/mol. The minimum absolute atomic E-state index is 0.165. The number of nitrogens with one attached hydrogen (secondary N) is 1. The van der Waals surface area contributed by atoms with Gasteiger partial charge in [0.25, 0.3) is 5.56 Å². The minimum atomic E-state index is -0.340. The predicted octanol–water partition coefficient (Wildman–Crippen LogP) is -0.814. The Morgan fingerprint density at radius 1 is 1.19 bits per heavy atom. The number of carbonyl (C=O) groups is 1. The summed E-state index contributed by atoms with van der Waals surface area (Å²) in [5, 5.41) is 3.12. The second kappa shape index (κ2) is 6.71. The number of rotatable bonds is 5. The normalized spacial score (nSPS) is 14.7. The third-order valence-electron chi connectivity index (χ3n) is 3.91. The number of hydrogen-bond donors (Lipinski definition) is 1. The van der Waals surface area contributed by atoms with Crippen LogP contribution in [0.3, 0.4) is 0 Å². The molecule has 0 unspecified atom stereocenters. The largest absolute Gasteiger partial charge is 0.343 e. The Bertz CT molecular complexity index is 626. The topological polar surface area (TPSA) is 76.3 Å². The Morgan fingerprint density at radius 3 is 2.52 bits per heavy atom. The fraction of sp³-hybridized carbons (Fsp3) is 0.643. The van der Waals surface area contributed by atoms with Crippen molar-refractivity contribution in [2.75, 3.05) is 19.6 Å². The van der Waals surface area contributed by atoms with E-state index in [4.69, 9.17) is 0 Å². The van der Waals surface area contributed by atoms with E-state index in [9.17, 15) is 14.4 Å². The average Bonchev–Trinajstić information content (AvgIpc) is 3.00. The molecule has 1 aromatic rings. The van der Waals surface area contributed by atoms with Gasteiger partial charge in [0.15, 0.2) is 0 Å². The molecule has 0 radical (unpaired) electrons. The fourth-order valence-electron chi connectivity index (χ4n) is 2.48. The van der Waals surface area contributed by atoms with E-state index in [1.807, 2.05) is 4.90 Å². The first-order valence-electron chi connectivity index (χ1n) is 7.25. The lowest BCUT2D eigenvalue weighted by Crippen LogP contribution is -2.39. The molecule has 7 nitrogen and oxygen atoms in total. The van der Waals surface area contributed by atoms with Crippen molar-refractivity contribution < 1.29 is 4.79 Å². The zero-order valence-corrected chi connectivity index (χ0v) is 12.6. The average molecular weight is 294 g/mol. The number of aromatic nitrogens is 2. The molecule has 1 N–H and O–H groups in total. The number of carbonyl (C=O) groups excluding carboxylic acids is 1. The zero-order valence-electron chi connectivity index (χ0n) is 12.6. The van der Waals surface area contributed by atoms with Gasteiger partial charge < -0.3 is 10.2 Å². The van der Waals surface area contributed by atoms with Gasteiger partial charge >= 0.3 is 5.69 Å². The first kappa shape index (κ1) is 15.5. The van der Waals surface area contributed by atoms with Gasteiger partial charge in [0.1, 0.15) is 0 Å². The summed E-state index contributed by atoms with van der Waals surface area (Å²) in [5.41, 5.74) is -0.0350. The molecule has 0 saturated carbocycles. The maximum Gasteiger partial charge on any atom is 0.330 e. The van der Waals surface area contributed by atoms with Gasteiger partial charge in [-0.25, -0.2) is 4.79 Å². The summed E-state index contributed by atoms with van der Waals surface area (Å²) in [4.78, 5) is 37.1. The summed E-state index contributed by atoms with van der Waals surface area (Å²) in [5.74, 6) is 0.165. The van der Waals surface area contributed by atoms with Crippen LogP contribution in [-0.4, -0.2) is 39.6 Å². The van der Waals surface area contributed by atoms with Crippen LogP contribution in [0.5, 0.6) is 0 Å². The molecule has 1 aromatic heterocycles. The molecular weight excluding hydrogens is 272 g/mol. The second-order valence-corrected chi connectivity index (χ2v) is 5.39. The molecule has 1 aliphatic heterocycles. The quantitative estimate of drug-likeness (QED) is 0.720. The summed E-state index contributed by atoms with van der Waals surface area (Å²) in [7, 11) is 3.09. The van der Waals surface area contributed by atoms with Crippen molar-refractivity contribution in [1.82, 2.24) is 19.4 Å². The Morgan fingerprint density at radius 2 is 1.86 bits per heavy atom. The van der Waals surface area contributed by atoms with Gasteiger partial charge in [-0.1, -0.05) is 0 Å². The Kier molecular flexibility index (Phi) is 4.95. The van der Waals surface area contributed by atoms with Crippen LogP contribution in [0.15, 0.2) is 15.7 Å².